The van der Waals surface area contributed by atoms with Crippen LogP contribution in [0.15, 0.2) is 0 Å². The first kappa shape index (κ1) is 31.1. The largest absolute Gasteiger partial charge is 0.500 e. The summed E-state index contributed by atoms with van der Waals surface area (Å²) < 4.78 is 17.8. The highest BCUT2D eigenvalue weighted by molar-refractivity contribution is 6.60. The lowest BCUT2D eigenvalue weighted by Crippen LogP contribution is -2.45. The summed E-state index contributed by atoms with van der Waals surface area (Å²) in [7, 11) is -2.41. The first-order valence-corrected chi connectivity index (χ1v) is 16.1. The molecule has 0 bridgehead atoms. The molecule has 0 aliphatic heterocycles. The van der Waals surface area contributed by atoms with Crippen molar-refractivity contribution in [1.29, 1.82) is 0 Å². The Bertz CT molecular complexity index is 321. The molecule has 0 aliphatic rings. The van der Waals surface area contributed by atoms with Crippen molar-refractivity contribution in [3.63, 3.8) is 0 Å². The summed E-state index contributed by atoms with van der Waals surface area (Å²) in [4.78, 5) is 0. The number of unbranched alkanes of at least 4 members (excludes halogenated alkanes) is 18. The molecule has 0 unspecified atom stereocenters. The van der Waals surface area contributed by atoms with Crippen molar-refractivity contribution >= 4 is 8.80 Å². The van der Waals surface area contributed by atoms with E-state index in [2.05, 4.69) is 6.92 Å². The number of hydrogen-bond donors (Lipinski definition) is 0. The van der Waals surface area contributed by atoms with Crippen LogP contribution in [-0.4, -0.2) is 28.6 Å². The third-order valence-electron chi connectivity index (χ3n) is 6.18. The molecule has 0 aromatic carbocycles. The van der Waals surface area contributed by atoms with Gasteiger partial charge in [0.1, 0.15) is 0 Å². The second kappa shape index (κ2) is 24.7. The molecule has 188 valence electrons. The molecule has 3 nitrogen and oxygen atoms in total. The lowest BCUT2D eigenvalue weighted by Gasteiger charge is -2.28. The van der Waals surface area contributed by atoms with Crippen LogP contribution in [-0.2, 0) is 13.3 Å². The molecule has 31 heavy (non-hydrogen) atoms. The summed E-state index contributed by atoms with van der Waals surface area (Å²) in [6.45, 7) is 10.5. The Kier molecular flexibility index (Phi) is 24.8. The number of rotatable bonds is 26. The Morgan fingerprint density at radius 1 is 0.355 bits per heavy atom. The highest BCUT2D eigenvalue weighted by Gasteiger charge is 2.39. The molecular formula is C27H58O3Si. The fraction of sp³-hybridized carbons (Fsp3) is 1.00. The minimum atomic E-state index is -2.41. The Morgan fingerprint density at radius 3 is 0.871 bits per heavy atom. The molecule has 0 aromatic heterocycles. The van der Waals surface area contributed by atoms with E-state index in [-0.39, 0.29) is 0 Å². The second-order valence-corrected chi connectivity index (χ2v) is 11.8. The van der Waals surface area contributed by atoms with Gasteiger partial charge in [-0.3, -0.25) is 0 Å². The lowest BCUT2D eigenvalue weighted by molar-refractivity contribution is 0.0706. The summed E-state index contributed by atoms with van der Waals surface area (Å²) in [5.74, 6) is 0. The highest BCUT2D eigenvalue weighted by atomic mass is 28.4. The van der Waals surface area contributed by atoms with E-state index in [9.17, 15) is 0 Å². The molecule has 0 heterocycles. The zero-order chi connectivity index (χ0) is 22.9. The molecule has 0 saturated carbocycles. The molecule has 0 amide bonds. The maximum atomic E-state index is 5.94. The minimum Gasteiger partial charge on any atom is -0.374 e. The summed E-state index contributed by atoms with van der Waals surface area (Å²) in [5, 5.41) is 0. The van der Waals surface area contributed by atoms with Crippen LogP contribution in [0.3, 0.4) is 0 Å². The van der Waals surface area contributed by atoms with E-state index in [1.807, 2.05) is 20.8 Å². The predicted octanol–water partition coefficient (Wildman–Crippen LogP) is 9.47. The summed E-state index contributed by atoms with van der Waals surface area (Å²) in [5.41, 5.74) is 0. The van der Waals surface area contributed by atoms with Gasteiger partial charge in [0.05, 0.1) is 0 Å². The van der Waals surface area contributed by atoms with Crippen LogP contribution >= 0.6 is 0 Å². The molecular weight excluding hydrogens is 400 g/mol. The van der Waals surface area contributed by atoms with Crippen molar-refractivity contribution in [2.75, 3.05) is 19.8 Å². The van der Waals surface area contributed by atoms with Gasteiger partial charge in [-0.1, -0.05) is 122 Å². The fourth-order valence-corrected chi connectivity index (χ4v) is 7.11. The molecule has 0 N–H and O–H groups in total. The quantitative estimate of drug-likeness (QED) is 0.0953. The van der Waals surface area contributed by atoms with Crippen LogP contribution in [0.1, 0.15) is 150 Å². The van der Waals surface area contributed by atoms with Crippen LogP contribution in [0.25, 0.3) is 0 Å². The van der Waals surface area contributed by atoms with Gasteiger partial charge in [-0.25, -0.2) is 0 Å². The van der Waals surface area contributed by atoms with Crippen molar-refractivity contribution in [2.24, 2.45) is 0 Å². The maximum absolute atomic E-state index is 5.94. The van der Waals surface area contributed by atoms with Crippen LogP contribution < -0.4 is 0 Å². The topological polar surface area (TPSA) is 27.7 Å². The Balaban J connectivity index is 3.39. The zero-order valence-electron chi connectivity index (χ0n) is 22.0. The molecule has 0 aromatic rings. The minimum absolute atomic E-state index is 0.686. The molecule has 0 saturated heterocycles. The number of hydrogen-bond acceptors (Lipinski definition) is 3. The average Bonchev–Trinajstić information content (AvgIpc) is 2.76. The third-order valence-corrected chi connectivity index (χ3v) is 9.33. The summed E-state index contributed by atoms with van der Waals surface area (Å²) >= 11 is 0. The normalized spacial score (nSPS) is 12.0. The molecule has 4 heteroatoms. The standard InChI is InChI=1S/C27H58O3Si/c1-5-9-10-11-12-13-14-15-16-17-18-19-20-21-22-23-24-25-26-27-31(28-6-2,29-7-3)30-8-4/h5-27H2,1-4H3. The summed E-state index contributed by atoms with van der Waals surface area (Å²) in [6.07, 6.45) is 26.8. The lowest BCUT2D eigenvalue weighted by atomic mass is 10.0. The van der Waals surface area contributed by atoms with Crippen LogP contribution in [0, 0.1) is 0 Å². The van der Waals surface area contributed by atoms with Gasteiger partial charge in [0.2, 0.25) is 0 Å². The average molecular weight is 459 g/mol. The van der Waals surface area contributed by atoms with Crippen molar-refractivity contribution in [2.45, 2.75) is 156 Å². The van der Waals surface area contributed by atoms with Gasteiger partial charge in [0.25, 0.3) is 0 Å². The van der Waals surface area contributed by atoms with Gasteiger partial charge < -0.3 is 13.3 Å². The SMILES string of the molecule is CCCCCCCCCCCCCCCCCCCCC[Si](OCC)(OCC)OCC. The van der Waals surface area contributed by atoms with Gasteiger partial charge in [-0.05, 0) is 27.2 Å². The van der Waals surface area contributed by atoms with Gasteiger partial charge in [0.15, 0.2) is 0 Å². The van der Waals surface area contributed by atoms with Crippen molar-refractivity contribution in [3.05, 3.63) is 0 Å². The van der Waals surface area contributed by atoms with E-state index in [0.29, 0.717) is 19.8 Å². The molecule has 0 aliphatic carbocycles. The van der Waals surface area contributed by atoms with Crippen LogP contribution in [0.2, 0.25) is 6.04 Å². The van der Waals surface area contributed by atoms with E-state index in [4.69, 9.17) is 13.3 Å². The zero-order valence-corrected chi connectivity index (χ0v) is 23.0. The predicted molar refractivity (Wildman–Crippen MR) is 139 cm³/mol. The van der Waals surface area contributed by atoms with Gasteiger partial charge >= 0.3 is 8.80 Å². The maximum Gasteiger partial charge on any atom is 0.500 e. The Hall–Kier alpha value is 0.0969. The van der Waals surface area contributed by atoms with Gasteiger partial charge in [0, 0.05) is 25.9 Å². The Labute approximate surface area is 197 Å². The monoisotopic (exact) mass is 458 g/mol. The van der Waals surface area contributed by atoms with E-state index in [0.717, 1.165) is 6.04 Å². The molecule has 0 atom stereocenters. The fourth-order valence-electron chi connectivity index (χ4n) is 4.42. The van der Waals surface area contributed by atoms with E-state index < -0.39 is 8.80 Å². The van der Waals surface area contributed by atoms with Gasteiger partial charge in [-0.15, -0.1) is 0 Å². The molecule has 0 spiro atoms. The molecule has 0 radical (unpaired) electrons. The van der Waals surface area contributed by atoms with Crippen molar-refractivity contribution < 1.29 is 13.3 Å². The summed E-state index contributed by atoms with van der Waals surface area (Å²) in [6, 6.07) is 0.974. The van der Waals surface area contributed by atoms with E-state index >= 15 is 0 Å². The van der Waals surface area contributed by atoms with Crippen LogP contribution in [0.5, 0.6) is 0 Å². The van der Waals surface area contributed by atoms with Gasteiger partial charge in [-0.2, -0.15) is 0 Å². The Morgan fingerprint density at radius 2 is 0.613 bits per heavy atom. The van der Waals surface area contributed by atoms with Crippen molar-refractivity contribution in [3.8, 4) is 0 Å². The first-order valence-electron chi connectivity index (χ1n) is 14.2. The van der Waals surface area contributed by atoms with E-state index in [1.54, 1.807) is 0 Å². The van der Waals surface area contributed by atoms with Crippen molar-refractivity contribution in [1.82, 2.24) is 0 Å². The molecule has 0 rings (SSSR count). The third kappa shape index (κ3) is 20.4. The molecule has 0 fully saturated rings. The van der Waals surface area contributed by atoms with E-state index in [1.165, 1.54) is 122 Å². The highest BCUT2D eigenvalue weighted by Crippen LogP contribution is 2.21. The van der Waals surface area contributed by atoms with Crippen LogP contribution in [0.4, 0.5) is 0 Å². The second-order valence-electron chi connectivity index (χ2n) is 9.10. The smallest absolute Gasteiger partial charge is 0.374 e. The first-order chi connectivity index (χ1) is 15.2.